The molecule has 0 bridgehead atoms. The molecule has 6 heteroatoms. The average Bonchev–Trinajstić information content (AvgIpc) is 2.55. The number of rotatable bonds is 4. The van der Waals surface area contributed by atoms with Crippen molar-refractivity contribution < 1.29 is 12.8 Å². The molecule has 0 radical (unpaired) electrons. The largest absolute Gasteiger partial charge is 0.367 e. The van der Waals surface area contributed by atoms with E-state index in [1.807, 2.05) is 36.1 Å². The van der Waals surface area contributed by atoms with Crippen LogP contribution in [0.2, 0.25) is 0 Å². The third-order valence-corrected chi connectivity index (χ3v) is 6.11. The van der Waals surface area contributed by atoms with E-state index >= 15 is 0 Å². The molecule has 1 fully saturated rings. The van der Waals surface area contributed by atoms with E-state index in [2.05, 4.69) is 0 Å². The Kier molecular flexibility index (Phi) is 4.87. The minimum atomic E-state index is -3.36. The highest BCUT2D eigenvalue weighted by Crippen LogP contribution is 2.22. The van der Waals surface area contributed by atoms with Gasteiger partial charge in [0.15, 0.2) is 0 Å². The van der Waals surface area contributed by atoms with Crippen molar-refractivity contribution in [1.29, 1.82) is 0 Å². The summed E-state index contributed by atoms with van der Waals surface area (Å²) in [5.74, 6) is -0.262. The highest BCUT2D eigenvalue weighted by molar-refractivity contribution is 7.88. The molecule has 1 saturated heterocycles. The Balaban J connectivity index is 1.66. The van der Waals surface area contributed by atoms with Gasteiger partial charge in [-0.05, 0) is 24.6 Å². The summed E-state index contributed by atoms with van der Waals surface area (Å²) in [6.07, 6.45) is 0. The van der Waals surface area contributed by atoms with E-state index in [0.717, 1.165) is 11.1 Å². The number of sulfonamides is 1. The summed E-state index contributed by atoms with van der Waals surface area (Å²) in [5.41, 5.74) is 2.38. The van der Waals surface area contributed by atoms with Gasteiger partial charge in [-0.15, -0.1) is 0 Å². The molecular formula is C18H21FN2O2S. The molecule has 1 aliphatic heterocycles. The zero-order chi connectivity index (χ0) is 17.2. The topological polar surface area (TPSA) is 40.6 Å². The molecule has 1 aliphatic rings. The van der Waals surface area contributed by atoms with Crippen molar-refractivity contribution in [1.82, 2.24) is 4.31 Å². The second kappa shape index (κ2) is 6.91. The van der Waals surface area contributed by atoms with Crippen LogP contribution in [0.15, 0.2) is 48.5 Å². The minimum Gasteiger partial charge on any atom is -0.367 e. The lowest BCUT2D eigenvalue weighted by molar-refractivity contribution is 0.382. The zero-order valence-electron chi connectivity index (χ0n) is 13.7. The van der Waals surface area contributed by atoms with Crippen LogP contribution >= 0.6 is 0 Å². The number of piperazine rings is 1. The van der Waals surface area contributed by atoms with Crippen LogP contribution in [0.5, 0.6) is 0 Å². The summed E-state index contributed by atoms with van der Waals surface area (Å²) in [4.78, 5) is 1.90. The minimum absolute atomic E-state index is 0.00831. The molecule has 0 atom stereocenters. The van der Waals surface area contributed by atoms with Gasteiger partial charge in [0.1, 0.15) is 5.82 Å². The Labute approximate surface area is 142 Å². The Morgan fingerprint density at radius 2 is 1.71 bits per heavy atom. The second-order valence-corrected chi connectivity index (χ2v) is 8.05. The molecule has 4 nitrogen and oxygen atoms in total. The monoisotopic (exact) mass is 348 g/mol. The maximum absolute atomic E-state index is 13.9. The molecule has 3 rings (SSSR count). The van der Waals surface area contributed by atoms with Crippen LogP contribution in [0.1, 0.15) is 11.1 Å². The molecule has 2 aromatic rings. The van der Waals surface area contributed by atoms with E-state index in [-0.39, 0.29) is 11.6 Å². The van der Waals surface area contributed by atoms with Crippen molar-refractivity contribution in [2.75, 3.05) is 31.1 Å². The summed E-state index contributed by atoms with van der Waals surface area (Å²) >= 11 is 0. The van der Waals surface area contributed by atoms with Crippen molar-refractivity contribution in [3.8, 4) is 0 Å². The van der Waals surface area contributed by atoms with Gasteiger partial charge in [-0.1, -0.05) is 42.0 Å². The molecule has 0 N–H and O–H groups in total. The first-order chi connectivity index (χ1) is 11.5. The Morgan fingerprint density at radius 1 is 1.00 bits per heavy atom. The summed E-state index contributed by atoms with van der Waals surface area (Å²) in [7, 11) is -3.36. The number of halogens is 1. The molecule has 0 unspecified atom stereocenters. The quantitative estimate of drug-likeness (QED) is 0.853. The molecule has 1 heterocycles. The predicted molar refractivity (Wildman–Crippen MR) is 94.0 cm³/mol. The van der Waals surface area contributed by atoms with E-state index in [1.165, 1.54) is 10.4 Å². The molecule has 0 amide bonds. The Bertz CT molecular complexity index is 815. The van der Waals surface area contributed by atoms with Crippen LogP contribution in [-0.4, -0.2) is 38.9 Å². The van der Waals surface area contributed by atoms with Crippen LogP contribution in [0, 0.1) is 12.7 Å². The molecule has 0 aliphatic carbocycles. The van der Waals surface area contributed by atoms with Crippen LogP contribution in [0.25, 0.3) is 0 Å². The first-order valence-corrected chi connectivity index (χ1v) is 9.59. The SMILES string of the molecule is Cc1cccc(CS(=O)(=O)N2CCN(c3ccccc3F)CC2)c1. The number of nitrogens with zero attached hydrogens (tertiary/aromatic N) is 2. The third-order valence-electron chi connectivity index (χ3n) is 4.26. The molecule has 24 heavy (non-hydrogen) atoms. The molecule has 0 saturated carbocycles. The van der Waals surface area contributed by atoms with Gasteiger partial charge < -0.3 is 4.90 Å². The summed E-state index contributed by atoms with van der Waals surface area (Å²) in [6.45, 7) is 3.69. The van der Waals surface area contributed by atoms with E-state index in [1.54, 1.807) is 18.2 Å². The standard InChI is InChI=1S/C18H21FN2O2S/c1-15-5-4-6-16(13-15)14-24(22,23)21-11-9-20(10-12-21)18-8-3-2-7-17(18)19/h2-8,13H,9-12,14H2,1H3. The fourth-order valence-electron chi connectivity index (χ4n) is 3.02. The first-order valence-electron chi connectivity index (χ1n) is 7.98. The lowest BCUT2D eigenvalue weighted by Gasteiger charge is -2.35. The van der Waals surface area contributed by atoms with Crippen LogP contribution in [0.3, 0.4) is 0 Å². The van der Waals surface area contributed by atoms with Gasteiger partial charge in [-0.2, -0.15) is 4.31 Å². The number of para-hydroxylation sites is 1. The van der Waals surface area contributed by atoms with Gasteiger partial charge in [0.2, 0.25) is 10.0 Å². The number of aryl methyl sites for hydroxylation is 1. The van der Waals surface area contributed by atoms with E-state index < -0.39 is 10.0 Å². The molecule has 2 aromatic carbocycles. The van der Waals surface area contributed by atoms with Crippen molar-refractivity contribution in [2.45, 2.75) is 12.7 Å². The Hall–Kier alpha value is -1.92. The molecule has 0 spiro atoms. The fraction of sp³-hybridized carbons (Fsp3) is 0.333. The maximum atomic E-state index is 13.9. The van der Waals surface area contributed by atoms with Crippen molar-refractivity contribution in [3.05, 3.63) is 65.5 Å². The number of hydrogen-bond acceptors (Lipinski definition) is 3. The van der Waals surface area contributed by atoms with E-state index in [4.69, 9.17) is 0 Å². The normalized spacial score (nSPS) is 16.3. The average molecular weight is 348 g/mol. The van der Waals surface area contributed by atoms with Gasteiger partial charge in [0, 0.05) is 26.2 Å². The van der Waals surface area contributed by atoms with E-state index in [0.29, 0.717) is 31.9 Å². The molecule has 0 aromatic heterocycles. The van der Waals surface area contributed by atoms with Crippen molar-refractivity contribution >= 4 is 15.7 Å². The van der Waals surface area contributed by atoms with Crippen molar-refractivity contribution in [3.63, 3.8) is 0 Å². The van der Waals surface area contributed by atoms with Gasteiger partial charge >= 0.3 is 0 Å². The lowest BCUT2D eigenvalue weighted by Crippen LogP contribution is -2.49. The highest BCUT2D eigenvalue weighted by Gasteiger charge is 2.27. The number of benzene rings is 2. The third kappa shape index (κ3) is 3.76. The van der Waals surface area contributed by atoms with Gasteiger partial charge in [0.05, 0.1) is 11.4 Å². The van der Waals surface area contributed by atoms with Gasteiger partial charge in [-0.25, -0.2) is 12.8 Å². The van der Waals surface area contributed by atoms with Gasteiger partial charge in [0.25, 0.3) is 0 Å². The second-order valence-electron chi connectivity index (χ2n) is 6.08. The molecular weight excluding hydrogens is 327 g/mol. The van der Waals surface area contributed by atoms with Crippen LogP contribution in [0.4, 0.5) is 10.1 Å². The number of hydrogen-bond donors (Lipinski definition) is 0. The maximum Gasteiger partial charge on any atom is 0.218 e. The predicted octanol–water partition coefficient (Wildman–Crippen LogP) is 2.79. The first kappa shape index (κ1) is 16.9. The summed E-state index contributed by atoms with van der Waals surface area (Å²) in [6, 6.07) is 14.1. The lowest BCUT2D eigenvalue weighted by atomic mass is 10.2. The Morgan fingerprint density at radius 3 is 2.38 bits per heavy atom. The van der Waals surface area contributed by atoms with Gasteiger partial charge in [-0.3, -0.25) is 0 Å². The number of anilines is 1. The van der Waals surface area contributed by atoms with Crippen LogP contribution < -0.4 is 4.90 Å². The fourth-order valence-corrected chi connectivity index (χ4v) is 4.52. The molecule has 128 valence electrons. The smallest absolute Gasteiger partial charge is 0.218 e. The zero-order valence-corrected chi connectivity index (χ0v) is 14.5. The van der Waals surface area contributed by atoms with E-state index in [9.17, 15) is 12.8 Å². The summed E-state index contributed by atoms with van der Waals surface area (Å²) in [5, 5.41) is 0. The van der Waals surface area contributed by atoms with Crippen molar-refractivity contribution in [2.24, 2.45) is 0 Å². The summed E-state index contributed by atoms with van der Waals surface area (Å²) < 4.78 is 40.6. The van der Waals surface area contributed by atoms with Crippen LogP contribution in [-0.2, 0) is 15.8 Å². The highest BCUT2D eigenvalue weighted by atomic mass is 32.2.